The second kappa shape index (κ2) is 6.89. The molecule has 3 aromatic heterocycles. The van der Waals surface area contributed by atoms with E-state index in [-0.39, 0.29) is 5.69 Å². The van der Waals surface area contributed by atoms with Crippen LogP contribution in [0.1, 0.15) is 0 Å². The molecule has 0 aliphatic heterocycles. The van der Waals surface area contributed by atoms with E-state index in [1.165, 1.54) is 37.0 Å². The molecule has 7 nitrogen and oxygen atoms in total. The Hall–Kier alpha value is -3.53. The van der Waals surface area contributed by atoms with Gasteiger partial charge in [0.25, 0.3) is 10.0 Å². The third kappa shape index (κ3) is 3.14. The summed E-state index contributed by atoms with van der Waals surface area (Å²) >= 11 is 0. The van der Waals surface area contributed by atoms with Gasteiger partial charge in [-0.05, 0) is 42.0 Å². The number of sulfonamides is 1. The largest absolute Gasteiger partial charge is 0.451 e. The van der Waals surface area contributed by atoms with Crippen molar-refractivity contribution in [2.24, 2.45) is 0 Å². The van der Waals surface area contributed by atoms with Crippen LogP contribution in [0.15, 0.2) is 70.8 Å². The Balaban J connectivity index is 1.81. The molecule has 4 rings (SSSR count). The van der Waals surface area contributed by atoms with Crippen LogP contribution in [0.4, 0.5) is 14.5 Å². The lowest BCUT2D eigenvalue weighted by atomic mass is 10.0. The third-order valence-electron chi connectivity index (χ3n) is 3.98. The first-order chi connectivity index (χ1) is 13.5. The Morgan fingerprint density at radius 3 is 2.57 bits per heavy atom. The molecule has 0 aliphatic carbocycles. The maximum Gasteiger partial charge on any atom is 0.295 e. The van der Waals surface area contributed by atoms with E-state index in [0.717, 1.165) is 12.1 Å². The Bertz CT molecular complexity index is 1220. The zero-order valence-corrected chi connectivity index (χ0v) is 14.9. The summed E-state index contributed by atoms with van der Waals surface area (Å²) < 4.78 is 61.1. The fourth-order valence-corrected chi connectivity index (χ4v) is 3.69. The first-order valence-corrected chi connectivity index (χ1v) is 9.44. The maximum atomic E-state index is 15.1. The topological polar surface area (TPSA) is 101 Å². The highest BCUT2D eigenvalue weighted by atomic mass is 32.2. The van der Waals surface area contributed by atoms with Crippen LogP contribution in [0.3, 0.4) is 0 Å². The third-order valence-corrected chi connectivity index (χ3v) is 5.23. The lowest BCUT2D eigenvalue weighted by Crippen LogP contribution is -2.14. The zero-order valence-electron chi connectivity index (χ0n) is 14.1. The highest BCUT2D eigenvalue weighted by molar-refractivity contribution is 7.92. The number of nitrogens with zero attached hydrogens (tertiary/aromatic N) is 2. The normalized spacial score (nSPS) is 11.5. The van der Waals surface area contributed by atoms with Crippen LogP contribution >= 0.6 is 0 Å². The minimum Gasteiger partial charge on any atom is -0.451 e. The van der Waals surface area contributed by atoms with Crippen molar-refractivity contribution in [3.05, 3.63) is 72.9 Å². The van der Waals surface area contributed by atoms with Crippen LogP contribution in [0.25, 0.3) is 22.4 Å². The number of pyridine rings is 1. The average Bonchev–Trinajstić information content (AvgIpc) is 3.37. The summed E-state index contributed by atoms with van der Waals surface area (Å²) in [7, 11) is -4.17. The number of nitrogens with one attached hydrogen (secondary N) is 2. The summed E-state index contributed by atoms with van der Waals surface area (Å²) in [6.45, 7) is 0. The highest BCUT2D eigenvalue weighted by Gasteiger charge is 2.24. The minimum absolute atomic E-state index is 0.0697. The standard InChI is InChI=1S/C18H12F2N4O3S/c19-13-3-4-14(24-28(25,26)15-2-1-9-27-15)17(20)16(13)18-12(10-22-23-18)11-5-7-21-8-6-11/h1-10,24H,(H,22,23). The quantitative estimate of drug-likeness (QED) is 0.529. The molecule has 0 fully saturated rings. The number of H-pyrrole nitrogens is 1. The van der Waals surface area contributed by atoms with Gasteiger partial charge in [-0.3, -0.25) is 14.8 Å². The first kappa shape index (κ1) is 17.9. The van der Waals surface area contributed by atoms with Crippen LogP contribution in [-0.2, 0) is 10.0 Å². The van der Waals surface area contributed by atoms with E-state index in [2.05, 4.69) is 19.9 Å². The van der Waals surface area contributed by atoms with E-state index in [9.17, 15) is 12.8 Å². The number of hydrogen-bond acceptors (Lipinski definition) is 5. The van der Waals surface area contributed by atoms with Crippen LogP contribution in [0, 0.1) is 11.6 Å². The van der Waals surface area contributed by atoms with E-state index in [4.69, 9.17) is 4.42 Å². The summed E-state index contributed by atoms with van der Waals surface area (Å²) in [5.41, 5.74) is 0.276. The second-order valence-electron chi connectivity index (χ2n) is 5.72. The monoisotopic (exact) mass is 402 g/mol. The van der Waals surface area contributed by atoms with E-state index >= 15 is 4.39 Å². The molecule has 1 aromatic carbocycles. The molecule has 2 N–H and O–H groups in total. The molecule has 0 radical (unpaired) electrons. The number of rotatable bonds is 5. The molecule has 0 aliphatic rings. The molecule has 0 bridgehead atoms. The molecular weight excluding hydrogens is 390 g/mol. The van der Waals surface area contributed by atoms with Gasteiger partial charge in [-0.25, -0.2) is 8.78 Å². The van der Waals surface area contributed by atoms with Gasteiger partial charge in [-0.1, -0.05) is 0 Å². The van der Waals surface area contributed by atoms with Gasteiger partial charge >= 0.3 is 0 Å². The van der Waals surface area contributed by atoms with Gasteiger partial charge in [0.15, 0.2) is 5.82 Å². The number of aromatic amines is 1. The van der Waals surface area contributed by atoms with Gasteiger partial charge in [-0.15, -0.1) is 0 Å². The van der Waals surface area contributed by atoms with Crippen LogP contribution < -0.4 is 4.72 Å². The lowest BCUT2D eigenvalue weighted by Gasteiger charge is -2.12. The molecule has 10 heteroatoms. The summed E-state index contributed by atoms with van der Waals surface area (Å²) in [5.74, 6) is -1.97. The summed E-state index contributed by atoms with van der Waals surface area (Å²) in [6, 6.07) is 7.88. The van der Waals surface area contributed by atoms with E-state index in [1.54, 1.807) is 12.1 Å². The molecule has 0 spiro atoms. The van der Waals surface area contributed by atoms with Gasteiger partial charge < -0.3 is 4.42 Å². The predicted molar refractivity (Wildman–Crippen MR) is 96.7 cm³/mol. The molecule has 142 valence electrons. The molecule has 0 amide bonds. The van der Waals surface area contributed by atoms with Crippen LogP contribution in [-0.4, -0.2) is 23.6 Å². The van der Waals surface area contributed by atoms with Crippen molar-refractivity contribution in [2.45, 2.75) is 5.09 Å². The average molecular weight is 402 g/mol. The van der Waals surface area contributed by atoms with Crippen LogP contribution in [0.5, 0.6) is 0 Å². The molecule has 0 atom stereocenters. The number of hydrogen-bond donors (Lipinski definition) is 2. The molecule has 0 saturated carbocycles. The van der Waals surface area contributed by atoms with Crippen molar-refractivity contribution < 1.29 is 21.6 Å². The Kier molecular flexibility index (Phi) is 4.40. The molecule has 3 heterocycles. The Morgan fingerprint density at radius 1 is 1.07 bits per heavy atom. The van der Waals surface area contributed by atoms with E-state index in [1.807, 2.05) is 0 Å². The molecule has 28 heavy (non-hydrogen) atoms. The van der Waals surface area contributed by atoms with Gasteiger partial charge in [0.05, 0.1) is 29.4 Å². The second-order valence-corrected chi connectivity index (χ2v) is 7.33. The van der Waals surface area contributed by atoms with Crippen molar-refractivity contribution in [2.75, 3.05) is 4.72 Å². The van der Waals surface area contributed by atoms with Gasteiger partial charge in [0.1, 0.15) is 5.82 Å². The number of furan rings is 1. The lowest BCUT2D eigenvalue weighted by molar-refractivity contribution is 0.451. The molecular formula is C18H12F2N4O3S. The fourth-order valence-electron chi connectivity index (χ4n) is 2.70. The molecule has 0 saturated heterocycles. The van der Waals surface area contributed by atoms with E-state index < -0.39 is 38.0 Å². The smallest absolute Gasteiger partial charge is 0.295 e. The van der Waals surface area contributed by atoms with Gasteiger partial charge in [-0.2, -0.15) is 13.5 Å². The summed E-state index contributed by atoms with van der Waals surface area (Å²) in [5, 5.41) is 6.05. The minimum atomic E-state index is -4.17. The van der Waals surface area contributed by atoms with Gasteiger partial charge in [0.2, 0.25) is 5.09 Å². The SMILES string of the molecule is O=S(=O)(Nc1ccc(F)c(-c2[nH]ncc2-c2ccncc2)c1F)c1ccco1. The van der Waals surface area contributed by atoms with E-state index in [0.29, 0.717) is 11.1 Å². The van der Waals surface area contributed by atoms with Crippen LogP contribution in [0.2, 0.25) is 0 Å². The van der Waals surface area contributed by atoms with Gasteiger partial charge in [0, 0.05) is 18.0 Å². The molecule has 0 unspecified atom stereocenters. The van der Waals surface area contributed by atoms with Crippen molar-refractivity contribution in [1.82, 2.24) is 15.2 Å². The Morgan fingerprint density at radius 2 is 1.86 bits per heavy atom. The first-order valence-electron chi connectivity index (χ1n) is 7.96. The highest BCUT2D eigenvalue weighted by Crippen LogP contribution is 2.36. The number of anilines is 1. The van der Waals surface area contributed by atoms with Crippen molar-refractivity contribution >= 4 is 15.7 Å². The Labute approximate surface area is 158 Å². The van der Waals surface area contributed by atoms with Crippen molar-refractivity contribution in [1.29, 1.82) is 0 Å². The van der Waals surface area contributed by atoms with Crippen molar-refractivity contribution in [3.63, 3.8) is 0 Å². The maximum absolute atomic E-state index is 15.1. The molecule has 4 aromatic rings. The summed E-state index contributed by atoms with van der Waals surface area (Å²) in [4.78, 5) is 3.91. The van der Waals surface area contributed by atoms with Crippen molar-refractivity contribution in [3.8, 4) is 22.4 Å². The number of aromatic nitrogens is 3. The summed E-state index contributed by atoms with van der Waals surface area (Å²) in [6.07, 6.45) is 5.66. The zero-order chi connectivity index (χ0) is 19.7. The predicted octanol–water partition coefficient (Wildman–Crippen LogP) is 3.81. The number of benzene rings is 1. The fraction of sp³-hybridized carbons (Fsp3) is 0. The number of halogens is 2.